The van der Waals surface area contributed by atoms with Gasteiger partial charge in [-0.2, -0.15) is 0 Å². The second-order valence-corrected chi connectivity index (χ2v) is 5.49. The molecule has 1 aromatic heterocycles. The molecule has 2 heterocycles. The Hall–Kier alpha value is -2.41. The van der Waals surface area contributed by atoms with Crippen molar-refractivity contribution in [2.24, 2.45) is 0 Å². The van der Waals surface area contributed by atoms with Gasteiger partial charge in [0.1, 0.15) is 23.3 Å². The molecule has 120 valence electrons. The minimum Gasteiger partial charge on any atom is -0.484 e. The van der Waals surface area contributed by atoms with Crippen molar-refractivity contribution in [1.29, 1.82) is 0 Å². The molecule has 1 aliphatic rings. The SMILES string of the molecule is O=C(O)c1cc(Cl)cnc1N1CC(Oc2ccc(F)cc2F)C1. The normalized spacial score (nSPS) is 14.5. The largest absolute Gasteiger partial charge is 0.484 e. The lowest BCUT2D eigenvalue weighted by molar-refractivity contribution is 0.0695. The Morgan fingerprint density at radius 2 is 2.09 bits per heavy atom. The molecule has 23 heavy (non-hydrogen) atoms. The van der Waals surface area contributed by atoms with Crippen LogP contribution in [0.25, 0.3) is 0 Å². The smallest absolute Gasteiger partial charge is 0.339 e. The van der Waals surface area contributed by atoms with Crippen molar-refractivity contribution in [2.75, 3.05) is 18.0 Å². The lowest BCUT2D eigenvalue weighted by Crippen LogP contribution is -2.54. The number of carbonyl (C=O) groups is 1. The summed E-state index contributed by atoms with van der Waals surface area (Å²) in [5.74, 6) is -2.36. The highest BCUT2D eigenvalue weighted by Crippen LogP contribution is 2.28. The maximum absolute atomic E-state index is 13.5. The lowest BCUT2D eigenvalue weighted by Gasteiger charge is -2.40. The molecule has 5 nitrogen and oxygen atoms in total. The molecule has 1 N–H and O–H groups in total. The van der Waals surface area contributed by atoms with E-state index in [0.717, 1.165) is 12.1 Å². The van der Waals surface area contributed by atoms with Crippen molar-refractivity contribution in [1.82, 2.24) is 4.98 Å². The van der Waals surface area contributed by atoms with Crippen molar-refractivity contribution in [3.8, 4) is 5.75 Å². The van der Waals surface area contributed by atoms with Crippen LogP contribution in [0.3, 0.4) is 0 Å². The number of benzene rings is 1. The maximum atomic E-state index is 13.5. The zero-order valence-corrected chi connectivity index (χ0v) is 12.4. The van der Waals surface area contributed by atoms with Gasteiger partial charge in [-0.3, -0.25) is 0 Å². The van der Waals surface area contributed by atoms with E-state index in [1.165, 1.54) is 18.3 Å². The standard InChI is InChI=1S/C15H11ClF2N2O3/c16-8-3-11(15(21)22)14(19-5-8)20-6-10(7-20)23-13-2-1-9(17)4-12(13)18/h1-5,10H,6-7H2,(H,21,22). The van der Waals surface area contributed by atoms with E-state index in [-0.39, 0.29) is 28.3 Å². The van der Waals surface area contributed by atoms with Crippen LogP contribution in [0.4, 0.5) is 14.6 Å². The van der Waals surface area contributed by atoms with E-state index in [0.29, 0.717) is 13.1 Å². The van der Waals surface area contributed by atoms with Crippen molar-refractivity contribution >= 4 is 23.4 Å². The van der Waals surface area contributed by atoms with E-state index in [1.807, 2.05) is 0 Å². The minimum absolute atomic E-state index is 0.0103. The van der Waals surface area contributed by atoms with Gasteiger partial charge in [-0.1, -0.05) is 11.6 Å². The molecular weight excluding hydrogens is 330 g/mol. The van der Waals surface area contributed by atoms with Crippen LogP contribution in [0.1, 0.15) is 10.4 Å². The molecule has 1 fully saturated rings. The van der Waals surface area contributed by atoms with E-state index < -0.39 is 17.6 Å². The summed E-state index contributed by atoms with van der Waals surface area (Å²) in [5.41, 5.74) is -0.0103. The summed E-state index contributed by atoms with van der Waals surface area (Å²) in [5, 5.41) is 9.41. The number of pyridine rings is 1. The predicted octanol–water partition coefficient (Wildman–Crippen LogP) is 2.98. The molecule has 0 spiro atoms. The van der Waals surface area contributed by atoms with E-state index in [4.69, 9.17) is 16.3 Å². The first-order valence-corrected chi connectivity index (χ1v) is 7.07. The minimum atomic E-state index is -1.14. The first-order valence-electron chi connectivity index (χ1n) is 6.69. The Labute approximate surface area is 135 Å². The third-order valence-electron chi connectivity index (χ3n) is 3.40. The zero-order chi connectivity index (χ0) is 16.6. The molecule has 3 rings (SSSR count). The Morgan fingerprint density at radius 3 is 2.74 bits per heavy atom. The number of nitrogens with zero attached hydrogens (tertiary/aromatic N) is 2. The third-order valence-corrected chi connectivity index (χ3v) is 3.61. The summed E-state index contributed by atoms with van der Waals surface area (Å²) >= 11 is 5.75. The molecule has 0 atom stereocenters. The van der Waals surface area contributed by atoms with Gasteiger partial charge in [-0.25, -0.2) is 18.6 Å². The molecule has 0 saturated carbocycles. The molecular formula is C15H11ClF2N2O3. The zero-order valence-electron chi connectivity index (χ0n) is 11.7. The van der Waals surface area contributed by atoms with Crippen LogP contribution in [0.5, 0.6) is 5.75 Å². The molecule has 1 aromatic carbocycles. The molecule has 0 bridgehead atoms. The number of carboxylic acids is 1. The molecule has 0 unspecified atom stereocenters. The molecule has 0 aliphatic carbocycles. The van der Waals surface area contributed by atoms with Crippen LogP contribution >= 0.6 is 11.6 Å². The fourth-order valence-electron chi connectivity index (χ4n) is 2.28. The first-order chi connectivity index (χ1) is 10.9. The summed E-state index contributed by atoms with van der Waals surface area (Å²) in [6.45, 7) is 0.678. The van der Waals surface area contributed by atoms with Crippen molar-refractivity contribution in [3.63, 3.8) is 0 Å². The van der Waals surface area contributed by atoms with Gasteiger partial charge in [0.25, 0.3) is 0 Å². The Bertz CT molecular complexity index is 766. The Morgan fingerprint density at radius 1 is 1.35 bits per heavy atom. The van der Waals surface area contributed by atoms with Crippen LogP contribution in [0.15, 0.2) is 30.5 Å². The molecule has 1 aliphatic heterocycles. The number of rotatable bonds is 4. The number of carboxylic acid groups (broad SMARTS) is 1. The topological polar surface area (TPSA) is 62.7 Å². The van der Waals surface area contributed by atoms with Crippen molar-refractivity contribution < 1.29 is 23.4 Å². The van der Waals surface area contributed by atoms with Gasteiger partial charge in [0.2, 0.25) is 0 Å². The number of aromatic nitrogens is 1. The van der Waals surface area contributed by atoms with Gasteiger partial charge >= 0.3 is 5.97 Å². The molecule has 1 saturated heterocycles. The van der Waals surface area contributed by atoms with Gasteiger partial charge in [0, 0.05) is 12.3 Å². The highest BCUT2D eigenvalue weighted by Gasteiger charge is 2.32. The third kappa shape index (κ3) is 3.19. The number of anilines is 1. The summed E-state index contributed by atoms with van der Waals surface area (Å²) in [6, 6.07) is 4.39. The van der Waals surface area contributed by atoms with Crippen LogP contribution in [-0.4, -0.2) is 35.3 Å². The van der Waals surface area contributed by atoms with Gasteiger partial charge in [0.15, 0.2) is 11.6 Å². The number of aromatic carboxylic acids is 1. The summed E-state index contributed by atoms with van der Waals surface area (Å²) < 4.78 is 31.8. The second kappa shape index (κ2) is 6.00. The lowest BCUT2D eigenvalue weighted by atomic mass is 10.1. The van der Waals surface area contributed by atoms with E-state index in [9.17, 15) is 18.7 Å². The number of ether oxygens (including phenoxy) is 1. The fraction of sp³-hybridized carbons (Fsp3) is 0.200. The maximum Gasteiger partial charge on any atom is 0.339 e. The first kappa shape index (κ1) is 15.5. The fourth-order valence-corrected chi connectivity index (χ4v) is 2.44. The van der Waals surface area contributed by atoms with Crippen LogP contribution in [0.2, 0.25) is 5.02 Å². The van der Waals surface area contributed by atoms with Gasteiger partial charge in [0.05, 0.1) is 18.1 Å². The second-order valence-electron chi connectivity index (χ2n) is 5.05. The van der Waals surface area contributed by atoms with Crippen molar-refractivity contribution in [2.45, 2.75) is 6.10 Å². The van der Waals surface area contributed by atoms with Crippen LogP contribution in [0, 0.1) is 11.6 Å². The monoisotopic (exact) mass is 340 g/mol. The number of hydrogen-bond donors (Lipinski definition) is 1. The Balaban J connectivity index is 1.69. The van der Waals surface area contributed by atoms with Gasteiger partial charge < -0.3 is 14.7 Å². The average molecular weight is 341 g/mol. The van der Waals surface area contributed by atoms with E-state index in [1.54, 1.807) is 4.90 Å². The van der Waals surface area contributed by atoms with Crippen LogP contribution in [-0.2, 0) is 0 Å². The number of halogens is 3. The summed E-state index contributed by atoms with van der Waals surface area (Å²) in [6.07, 6.45) is 1.02. The summed E-state index contributed by atoms with van der Waals surface area (Å²) in [4.78, 5) is 16.9. The quantitative estimate of drug-likeness (QED) is 0.927. The molecule has 2 aromatic rings. The highest BCUT2D eigenvalue weighted by atomic mass is 35.5. The summed E-state index contributed by atoms with van der Waals surface area (Å²) in [7, 11) is 0. The Kier molecular flexibility index (Phi) is 4.04. The van der Waals surface area contributed by atoms with E-state index in [2.05, 4.69) is 4.98 Å². The van der Waals surface area contributed by atoms with E-state index >= 15 is 0 Å². The van der Waals surface area contributed by atoms with Crippen molar-refractivity contribution in [3.05, 3.63) is 52.7 Å². The van der Waals surface area contributed by atoms with Gasteiger partial charge in [-0.05, 0) is 18.2 Å². The average Bonchev–Trinajstić information content (AvgIpc) is 2.45. The van der Waals surface area contributed by atoms with Gasteiger partial charge in [-0.15, -0.1) is 0 Å². The number of hydrogen-bond acceptors (Lipinski definition) is 4. The molecule has 0 radical (unpaired) electrons. The highest BCUT2D eigenvalue weighted by molar-refractivity contribution is 6.30. The van der Waals surface area contributed by atoms with Crippen LogP contribution < -0.4 is 9.64 Å². The molecule has 0 amide bonds. The predicted molar refractivity (Wildman–Crippen MR) is 79.2 cm³/mol. The molecule has 8 heteroatoms.